The predicted molar refractivity (Wildman–Crippen MR) is 82.6 cm³/mol. The molecule has 2 aliphatic rings. The van der Waals surface area contributed by atoms with E-state index in [1.165, 1.54) is 31.2 Å². The Balaban J connectivity index is 1.68. The third kappa shape index (κ3) is 2.65. The van der Waals surface area contributed by atoms with E-state index in [1.807, 2.05) is 6.07 Å². The zero-order chi connectivity index (χ0) is 14.1. The first-order chi connectivity index (χ1) is 9.66. The van der Waals surface area contributed by atoms with E-state index in [-0.39, 0.29) is 11.8 Å². The molecule has 1 N–H and O–H groups in total. The minimum Gasteiger partial charge on any atom is -0.326 e. The van der Waals surface area contributed by atoms with E-state index in [0.29, 0.717) is 11.8 Å². The van der Waals surface area contributed by atoms with Crippen LogP contribution >= 0.6 is 0 Å². The lowest BCUT2D eigenvalue weighted by Gasteiger charge is -2.09. The number of hydrogen-bond acceptors (Lipinski definition) is 1. The van der Waals surface area contributed by atoms with Gasteiger partial charge in [-0.05, 0) is 56.6 Å². The largest absolute Gasteiger partial charge is 0.326 e. The van der Waals surface area contributed by atoms with Crippen molar-refractivity contribution in [2.45, 2.75) is 39.5 Å². The molecule has 20 heavy (non-hydrogen) atoms. The zero-order valence-corrected chi connectivity index (χ0v) is 12.4. The van der Waals surface area contributed by atoms with Gasteiger partial charge in [0, 0.05) is 11.6 Å². The van der Waals surface area contributed by atoms with E-state index < -0.39 is 0 Å². The topological polar surface area (TPSA) is 29.1 Å². The van der Waals surface area contributed by atoms with Crippen LogP contribution in [0, 0.1) is 31.6 Å². The number of carbonyl (C=O) groups excluding carboxylic acids is 1. The Morgan fingerprint density at radius 3 is 2.90 bits per heavy atom. The van der Waals surface area contributed by atoms with Gasteiger partial charge in [-0.25, -0.2) is 0 Å². The lowest BCUT2D eigenvalue weighted by Crippen LogP contribution is -2.16. The van der Waals surface area contributed by atoms with Crippen molar-refractivity contribution in [3.05, 3.63) is 41.5 Å². The lowest BCUT2D eigenvalue weighted by molar-refractivity contribution is -0.117. The van der Waals surface area contributed by atoms with Gasteiger partial charge in [-0.3, -0.25) is 4.79 Å². The number of carbonyl (C=O) groups is 1. The summed E-state index contributed by atoms with van der Waals surface area (Å²) >= 11 is 0. The molecule has 0 bridgehead atoms. The molecular weight excluding hydrogens is 246 g/mol. The average Bonchev–Trinajstić information content (AvgIpc) is 3.04. The van der Waals surface area contributed by atoms with Crippen LogP contribution < -0.4 is 5.32 Å². The average molecular weight is 269 g/mol. The normalized spacial score (nSPS) is 28.2. The van der Waals surface area contributed by atoms with E-state index in [9.17, 15) is 4.79 Å². The van der Waals surface area contributed by atoms with Crippen molar-refractivity contribution in [3.63, 3.8) is 0 Å². The fourth-order valence-electron chi connectivity index (χ4n) is 3.47. The molecule has 0 aromatic heterocycles. The molecule has 1 saturated carbocycles. The number of benzene rings is 1. The molecule has 0 radical (unpaired) electrons. The molecule has 1 aromatic carbocycles. The third-order valence-electron chi connectivity index (χ3n) is 4.69. The number of amides is 1. The van der Waals surface area contributed by atoms with E-state index in [0.717, 1.165) is 11.3 Å². The zero-order valence-electron chi connectivity index (χ0n) is 12.4. The number of allylic oxidation sites excluding steroid dienone is 2. The van der Waals surface area contributed by atoms with Gasteiger partial charge in [0.1, 0.15) is 0 Å². The number of aryl methyl sites for hydroxylation is 2. The lowest BCUT2D eigenvalue weighted by atomic mass is 10.1. The molecule has 3 atom stereocenters. The number of nitrogens with one attached hydrogen (secondary N) is 1. The first-order valence-electron chi connectivity index (χ1n) is 7.71. The summed E-state index contributed by atoms with van der Waals surface area (Å²) in [4.78, 5) is 12.5. The molecule has 3 unspecified atom stereocenters. The molecular formula is C18H23NO. The Bertz CT molecular complexity index is 546. The number of anilines is 1. The second-order valence-electron chi connectivity index (χ2n) is 6.29. The van der Waals surface area contributed by atoms with Crippen molar-refractivity contribution in [2.75, 3.05) is 5.32 Å². The molecule has 2 heteroatoms. The predicted octanol–water partition coefficient (Wildman–Crippen LogP) is 4.23. The fraction of sp³-hybridized carbons (Fsp3) is 0.500. The second kappa shape index (κ2) is 5.43. The first kappa shape index (κ1) is 13.4. The van der Waals surface area contributed by atoms with Gasteiger partial charge in [-0.15, -0.1) is 0 Å². The summed E-state index contributed by atoms with van der Waals surface area (Å²) in [5.41, 5.74) is 3.34. The van der Waals surface area contributed by atoms with Crippen LogP contribution in [0.5, 0.6) is 0 Å². The van der Waals surface area contributed by atoms with E-state index in [4.69, 9.17) is 0 Å². The summed E-state index contributed by atoms with van der Waals surface area (Å²) in [7, 11) is 0. The number of fused-ring (bicyclic) bond motifs is 1. The molecule has 0 heterocycles. The molecule has 106 valence electrons. The van der Waals surface area contributed by atoms with Gasteiger partial charge in [0.05, 0.1) is 0 Å². The molecule has 1 amide bonds. The van der Waals surface area contributed by atoms with Crippen molar-refractivity contribution in [3.8, 4) is 0 Å². The molecule has 2 aliphatic carbocycles. The molecule has 1 fully saturated rings. The highest BCUT2D eigenvalue weighted by atomic mass is 16.2. The molecule has 2 nitrogen and oxygen atoms in total. The van der Waals surface area contributed by atoms with E-state index in [1.54, 1.807) is 0 Å². The highest BCUT2D eigenvalue weighted by molar-refractivity contribution is 5.95. The van der Waals surface area contributed by atoms with Gasteiger partial charge in [0.25, 0.3) is 0 Å². The van der Waals surface area contributed by atoms with E-state index in [2.05, 4.69) is 43.4 Å². The Labute approximate surface area is 121 Å². The van der Waals surface area contributed by atoms with Crippen molar-refractivity contribution in [1.82, 2.24) is 0 Å². The van der Waals surface area contributed by atoms with Crippen LogP contribution in [-0.4, -0.2) is 5.91 Å². The third-order valence-corrected chi connectivity index (χ3v) is 4.69. The highest BCUT2D eigenvalue weighted by Gasteiger charge is 2.52. The van der Waals surface area contributed by atoms with Crippen LogP contribution in [0.1, 0.15) is 36.8 Å². The molecule has 1 aromatic rings. The molecule has 0 saturated heterocycles. The van der Waals surface area contributed by atoms with Crippen LogP contribution in [0.15, 0.2) is 30.4 Å². The van der Waals surface area contributed by atoms with Gasteiger partial charge in [-0.2, -0.15) is 0 Å². The monoisotopic (exact) mass is 269 g/mol. The molecule has 0 aliphatic heterocycles. The van der Waals surface area contributed by atoms with Crippen LogP contribution in [0.25, 0.3) is 0 Å². The van der Waals surface area contributed by atoms with E-state index >= 15 is 0 Å². The Morgan fingerprint density at radius 1 is 1.25 bits per heavy atom. The minimum atomic E-state index is 0.199. The van der Waals surface area contributed by atoms with Gasteiger partial charge < -0.3 is 5.32 Å². The summed E-state index contributed by atoms with van der Waals surface area (Å²) in [5.74, 6) is 1.47. The van der Waals surface area contributed by atoms with Gasteiger partial charge >= 0.3 is 0 Å². The SMILES string of the molecule is Cc1ccc(NC(=O)C2C3C=CCCCCC32)c(C)c1. The smallest absolute Gasteiger partial charge is 0.228 e. The number of rotatable bonds is 2. The van der Waals surface area contributed by atoms with Crippen LogP contribution in [0.2, 0.25) is 0 Å². The van der Waals surface area contributed by atoms with Gasteiger partial charge in [0.2, 0.25) is 5.91 Å². The Kier molecular flexibility index (Phi) is 3.64. The minimum absolute atomic E-state index is 0.199. The second-order valence-corrected chi connectivity index (χ2v) is 6.29. The Hall–Kier alpha value is -1.57. The maximum absolute atomic E-state index is 12.5. The van der Waals surface area contributed by atoms with Crippen LogP contribution in [0.4, 0.5) is 5.69 Å². The summed E-state index contributed by atoms with van der Waals surface area (Å²) in [6, 6.07) is 6.19. The quantitative estimate of drug-likeness (QED) is 0.800. The maximum Gasteiger partial charge on any atom is 0.228 e. The fourth-order valence-corrected chi connectivity index (χ4v) is 3.47. The highest BCUT2D eigenvalue weighted by Crippen LogP contribution is 2.51. The summed E-state index contributed by atoms with van der Waals surface area (Å²) in [5, 5.41) is 3.12. The van der Waals surface area contributed by atoms with Crippen molar-refractivity contribution < 1.29 is 4.79 Å². The van der Waals surface area contributed by atoms with Crippen molar-refractivity contribution in [2.24, 2.45) is 17.8 Å². The van der Waals surface area contributed by atoms with Crippen molar-refractivity contribution in [1.29, 1.82) is 0 Å². The first-order valence-corrected chi connectivity index (χ1v) is 7.71. The maximum atomic E-state index is 12.5. The number of hydrogen-bond donors (Lipinski definition) is 1. The molecule has 3 rings (SSSR count). The standard InChI is InChI=1S/C18H23NO/c1-12-9-10-16(13(2)11-12)19-18(20)17-14-7-5-3-4-6-8-15(14)17/h5,7,9-11,14-15,17H,3-4,6,8H2,1-2H3,(H,19,20). The summed E-state index contributed by atoms with van der Waals surface area (Å²) in [6.07, 6.45) is 9.45. The summed E-state index contributed by atoms with van der Waals surface area (Å²) < 4.78 is 0. The van der Waals surface area contributed by atoms with Crippen molar-refractivity contribution >= 4 is 11.6 Å². The van der Waals surface area contributed by atoms with Crippen LogP contribution in [-0.2, 0) is 4.79 Å². The van der Waals surface area contributed by atoms with Crippen LogP contribution in [0.3, 0.4) is 0 Å². The van der Waals surface area contributed by atoms with Gasteiger partial charge in [0.15, 0.2) is 0 Å². The Morgan fingerprint density at radius 2 is 2.10 bits per heavy atom. The molecule has 0 spiro atoms. The van der Waals surface area contributed by atoms with Gasteiger partial charge in [-0.1, -0.05) is 36.3 Å². The summed E-state index contributed by atoms with van der Waals surface area (Å²) in [6.45, 7) is 4.13.